The molecular weight excluding hydrogens is 335 g/mol. The van der Waals surface area contributed by atoms with Gasteiger partial charge < -0.3 is 15.4 Å². The molecule has 0 saturated carbocycles. The Morgan fingerprint density at radius 1 is 1.00 bits per heavy atom. The Kier molecular flexibility index (Phi) is 6.72. The van der Waals surface area contributed by atoms with Crippen LogP contribution < -0.4 is 15.4 Å². The third-order valence-corrected chi connectivity index (χ3v) is 4.04. The molecule has 0 aliphatic rings. The molecule has 0 aromatic heterocycles. The third kappa shape index (κ3) is 5.31. The minimum absolute atomic E-state index is 0.0943. The molecule has 0 atom stereocenters. The van der Waals surface area contributed by atoms with Crippen LogP contribution in [-0.4, -0.2) is 31.5 Å². The van der Waals surface area contributed by atoms with Crippen molar-refractivity contribution in [3.05, 3.63) is 64.5 Å². The minimum Gasteiger partial charge on any atom is -0.483 e. The summed E-state index contributed by atoms with van der Waals surface area (Å²) < 4.78 is 18.7. The number of benzene rings is 2. The van der Waals surface area contributed by atoms with Crippen molar-refractivity contribution in [2.24, 2.45) is 0 Å². The number of hydrogen-bond donors (Lipinski definition) is 2. The first-order chi connectivity index (χ1) is 12.4. The maximum absolute atomic E-state index is 13.1. The molecule has 2 aromatic rings. The zero-order chi connectivity index (χ0) is 19.1. The van der Waals surface area contributed by atoms with Crippen molar-refractivity contribution < 1.29 is 18.7 Å². The monoisotopic (exact) mass is 358 g/mol. The maximum atomic E-state index is 13.1. The lowest BCUT2D eigenvalue weighted by Crippen LogP contribution is -2.36. The number of rotatable bonds is 7. The van der Waals surface area contributed by atoms with Gasteiger partial charge in [0.25, 0.3) is 11.8 Å². The summed E-state index contributed by atoms with van der Waals surface area (Å²) in [4.78, 5) is 23.7. The standard InChI is InChI=1S/C20H23FN2O3/c1-13-7-8-14(2)19(15(13)3)26-12-18(24)22-9-10-23-20(25)16-5-4-6-17(21)11-16/h4-8,11H,9-10,12H2,1-3H3,(H,22,24)(H,23,25). The molecule has 2 rings (SSSR count). The fourth-order valence-electron chi connectivity index (χ4n) is 2.45. The van der Waals surface area contributed by atoms with Gasteiger partial charge >= 0.3 is 0 Å². The average Bonchev–Trinajstić information content (AvgIpc) is 2.61. The fourth-order valence-corrected chi connectivity index (χ4v) is 2.45. The highest BCUT2D eigenvalue weighted by molar-refractivity contribution is 5.94. The van der Waals surface area contributed by atoms with Gasteiger partial charge in [0.2, 0.25) is 0 Å². The first-order valence-corrected chi connectivity index (χ1v) is 8.38. The molecule has 0 heterocycles. The Morgan fingerprint density at radius 2 is 1.69 bits per heavy atom. The van der Waals surface area contributed by atoms with Crippen LogP contribution in [0.4, 0.5) is 4.39 Å². The van der Waals surface area contributed by atoms with Gasteiger partial charge in [-0.05, 0) is 55.7 Å². The second kappa shape index (κ2) is 8.99. The van der Waals surface area contributed by atoms with E-state index in [1.54, 1.807) is 0 Å². The van der Waals surface area contributed by atoms with Crippen LogP contribution in [0, 0.1) is 26.6 Å². The van der Waals surface area contributed by atoms with Crippen LogP contribution in [0.3, 0.4) is 0 Å². The van der Waals surface area contributed by atoms with Crippen LogP contribution >= 0.6 is 0 Å². The van der Waals surface area contributed by atoms with Gasteiger partial charge in [0.05, 0.1) is 0 Å². The smallest absolute Gasteiger partial charge is 0.258 e. The molecule has 0 fully saturated rings. The van der Waals surface area contributed by atoms with Crippen molar-refractivity contribution in [2.75, 3.05) is 19.7 Å². The van der Waals surface area contributed by atoms with E-state index in [0.29, 0.717) is 0 Å². The normalized spacial score (nSPS) is 10.3. The molecule has 0 radical (unpaired) electrons. The lowest BCUT2D eigenvalue weighted by atomic mass is 10.1. The lowest BCUT2D eigenvalue weighted by Gasteiger charge is -2.14. The number of carbonyl (C=O) groups excluding carboxylic acids is 2. The van der Waals surface area contributed by atoms with Crippen molar-refractivity contribution in [1.29, 1.82) is 0 Å². The van der Waals surface area contributed by atoms with Gasteiger partial charge in [0.1, 0.15) is 11.6 Å². The highest BCUT2D eigenvalue weighted by atomic mass is 19.1. The van der Waals surface area contributed by atoms with Crippen molar-refractivity contribution in [2.45, 2.75) is 20.8 Å². The molecule has 2 aromatic carbocycles. The number of nitrogens with one attached hydrogen (secondary N) is 2. The van der Waals surface area contributed by atoms with Gasteiger partial charge in [-0.25, -0.2) is 4.39 Å². The van der Waals surface area contributed by atoms with E-state index in [9.17, 15) is 14.0 Å². The molecule has 138 valence electrons. The number of amides is 2. The lowest BCUT2D eigenvalue weighted by molar-refractivity contribution is -0.123. The quantitative estimate of drug-likeness (QED) is 0.748. The number of aryl methyl sites for hydroxylation is 2. The van der Waals surface area contributed by atoms with Gasteiger partial charge in [0.15, 0.2) is 6.61 Å². The van der Waals surface area contributed by atoms with Crippen molar-refractivity contribution in [3.8, 4) is 5.75 Å². The molecule has 5 nitrogen and oxygen atoms in total. The molecule has 0 unspecified atom stereocenters. The predicted octanol–water partition coefficient (Wildman–Crippen LogP) is 2.68. The second-order valence-corrected chi connectivity index (χ2v) is 6.06. The van der Waals surface area contributed by atoms with E-state index in [4.69, 9.17) is 4.74 Å². The van der Waals surface area contributed by atoms with Gasteiger partial charge in [0, 0.05) is 18.7 Å². The average molecular weight is 358 g/mol. The van der Waals surface area contributed by atoms with E-state index >= 15 is 0 Å². The van der Waals surface area contributed by atoms with Crippen LogP contribution in [0.5, 0.6) is 5.75 Å². The second-order valence-electron chi connectivity index (χ2n) is 6.06. The molecule has 0 saturated heterocycles. The molecular formula is C20H23FN2O3. The van der Waals surface area contributed by atoms with Crippen molar-refractivity contribution in [3.63, 3.8) is 0 Å². The maximum Gasteiger partial charge on any atom is 0.258 e. The molecule has 0 spiro atoms. The first-order valence-electron chi connectivity index (χ1n) is 8.38. The molecule has 6 heteroatoms. The van der Waals surface area contributed by atoms with E-state index in [2.05, 4.69) is 10.6 Å². The van der Waals surface area contributed by atoms with E-state index in [0.717, 1.165) is 28.5 Å². The number of ether oxygens (including phenoxy) is 1. The summed E-state index contributed by atoms with van der Waals surface area (Å²) in [5, 5.41) is 5.29. The highest BCUT2D eigenvalue weighted by Crippen LogP contribution is 2.25. The van der Waals surface area contributed by atoms with Gasteiger partial charge in [-0.1, -0.05) is 18.2 Å². The van der Waals surface area contributed by atoms with Crippen LogP contribution in [0.15, 0.2) is 36.4 Å². The summed E-state index contributed by atoms with van der Waals surface area (Å²) in [6.07, 6.45) is 0. The molecule has 2 amide bonds. The Labute approximate surface area is 152 Å². The van der Waals surface area contributed by atoms with Gasteiger partial charge in [-0.2, -0.15) is 0 Å². The summed E-state index contributed by atoms with van der Waals surface area (Å²) in [6, 6.07) is 9.40. The molecule has 2 N–H and O–H groups in total. The Hall–Kier alpha value is -2.89. The largest absolute Gasteiger partial charge is 0.483 e. The molecule has 0 aliphatic carbocycles. The fraction of sp³-hybridized carbons (Fsp3) is 0.300. The molecule has 0 bridgehead atoms. The summed E-state index contributed by atoms with van der Waals surface area (Å²) in [7, 11) is 0. The van der Waals surface area contributed by atoms with Crippen LogP contribution in [0.1, 0.15) is 27.0 Å². The van der Waals surface area contributed by atoms with Crippen molar-refractivity contribution in [1.82, 2.24) is 10.6 Å². The van der Waals surface area contributed by atoms with E-state index in [1.165, 1.54) is 18.2 Å². The summed E-state index contributed by atoms with van der Waals surface area (Å²) >= 11 is 0. The zero-order valence-corrected chi connectivity index (χ0v) is 15.2. The van der Waals surface area contributed by atoms with Crippen LogP contribution in [0.25, 0.3) is 0 Å². The van der Waals surface area contributed by atoms with Gasteiger partial charge in [-0.3, -0.25) is 9.59 Å². The SMILES string of the molecule is Cc1ccc(C)c(OCC(=O)NCCNC(=O)c2cccc(F)c2)c1C. The van der Waals surface area contributed by atoms with Crippen molar-refractivity contribution >= 4 is 11.8 Å². The van der Waals surface area contributed by atoms with Gasteiger partial charge in [-0.15, -0.1) is 0 Å². The van der Waals surface area contributed by atoms with E-state index < -0.39 is 5.82 Å². The Balaban J connectivity index is 1.73. The summed E-state index contributed by atoms with van der Waals surface area (Å²) in [5.74, 6) is -0.407. The van der Waals surface area contributed by atoms with Crippen LogP contribution in [0.2, 0.25) is 0 Å². The zero-order valence-electron chi connectivity index (χ0n) is 15.2. The topological polar surface area (TPSA) is 67.4 Å². The highest BCUT2D eigenvalue weighted by Gasteiger charge is 2.09. The predicted molar refractivity (Wildman–Crippen MR) is 97.9 cm³/mol. The Bertz CT molecular complexity index is 806. The summed E-state index contributed by atoms with van der Waals surface area (Å²) in [6.45, 7) is 6.28. The third-order valence-electron chi connectivity index (χ3n) is 4.04. The van der Waals surface area contributed by atoms with E-state index in [-0.39, 0.29) is 37.1 Å². The molecule has 26 heavy (non-hydrogen) atoms. The molecule has 0 aliphatic heterocycles. The summed E-state index contributed by atoms with van der Waals surface area (Å²) in [5.41, 5.74) is 3.33. The minimum atomic E-state index is -0.468. The number of carbonyl (C=O) groups is 2. The van der Waals surface area contributed by atoms with Crippen LogP contribution in [-0.2, 0) is 4.79 Å². The number of halogens is 1. The number of hydrogen-bond acceptors (Lipinski definition) is 3. The van der Waals surface area contributed by atoms with E-state index in [1.807, 2.05) is 32.9 Å². The Morgan fingerprint density at radius 3 is 2.42 bits per heavy atom. The first kappa shape index (κ1) is 19.4.